The number of aromatic nitrogens is 5. The Kier molecular flexibility index (Phi) is 42.5. The maximum Gasteiger partial charge on any atom is 0.417 e. The van der Waals surface area contributed by atoms with Gasteiger partial charge in [-0.1, -0.05) is 235 Å². The first-order chi connectivity index (χ1) is 67.2. The standard InChI is InChI=1S/C22H21F3N2O2S.C22H29N3O3S.C21H27N3O4S.C21H22N2O2S.C20H26N2O2S/c1-2-3-4-12-17(19(28)21-27-16-11-7-8-13-18(16)30-21)26-20(29)14-9-5-6-10-15(14)22(23,24)25;1-3-4-5-11-18(20(27)22-24-17-10-6-7-12-19(17)29-22)23-21(28)16-9-8-13-25(14-16)15(2)26;1-3-4-5-9-16(19(26)21-23-15-8-6-7-10-18(15)29-21)22-20(27)17-13-24(14(2)25)11-12-28-17;1-2-3-5-13-17(22-20(25)15-10-6-4-7-11-15)19(24)21-23-16-12-8-9-14-18(16)26-21;1-2-3-4-12-16(21-19(24)14-9-5-6-10-14)18(23)20-22-15-11-7-8-13-17(15)25-20/h5-11,13,17H,2-4,12H2,1H3,(H,26,29);6-7,10,12,16,18H,3-5,8-9,11,13-14H2,1-2H3,(H,23,28);6-8,10,16-17H,3-5,9,11-13H2,1-2H3,(H,22,27);4,6-12,14,17H,2-3,5,13H2,1H3,(H,22,25);7-8,11,13-14,16H,2-6,9-10,12H2,1H3,(H,21,24)/t17-;16-,18-;16-,17?;17-;16-/m00000/s1. The largest absolute Gasteiger partial charge is 0.417 e. The summed E-state index contributed by atoms with van der Waals surface area (Å²) in [5.74, 6) is -2.66. The van der Waals surface area contributed by atoms with Gasteiger partial charge in [0.1, 0.15) is 0 Å². The average Bonchev–Trinajstić information content (AvgIpc) is 1.53. The number of rotatable bonds is 40. The van der Waals surface area contributed by atoms with E-state index in [9.17, 15) is 70.7 Å². The van der Waals surface area contributed by atoms with Gasteiger partial charge in [0.25, 0.3) is 17.7 Å². The van der Waals surface area contributed by atoms with Crippen LogP contribution in [0.15, 0.2) is 176 Å². The molecule has 2 aliphatic heterocycles. The van der Waals surface area contributed by atoms with E-state index in [1.165, 1.54) is 82.7 Å². The fourth-order valence-electron chi connectivity index (χ4n) is 16.6. The third-order valence-corrected chi connectivity index (χ3v) is 29.7. The van der Waals surface area contributed by atoms with Crippen molar-refractivity contribution in [1.29, 1.82) is 0 Å². The molecule has 5 aromatic heterocycles. The lowest BCUT2D eigenvalue weighted by Gasteiger charge is -2.32. The van der Waals surface area contributed by atoms with Gasteiger partial charge < -0.3 is 41.1 Å². The summed E-state index contributed by atoms with van der Waals surface area (Å²) in [5, 5.41) is 16.4. The van der Waals surface area contributed by atoms with Gasteiger partial charge in [-0.15, -0.1) is 56.7 Å². The molecule has 25 nitrogen and oxygen atoms in total. The number of halogens is 3. The minimum Gasteiger partial charge on any atom is -0.365 e. The Morgan fingerprint density at radius 2 is 0.655 bits per heavy atom. The Labute approximate surface area is 829 Å². The number of morpholine rings is 1. The summed E-state index contributed by atoms with van der Waals surface area (Å²) in [7, 11) is 0. The van der Waals surface area contributed by atoms with Crippen LogP contribution >= 0.6 is 56.7 Å². The van der Waals surface area contributed by atoms with Crippen LogP contribution in [-0.2, 0) is 34.9 Å². The van der Waals surface area contributed by atoms with E-state index < -0.39 is 59.5 Å². The number of nitrogens with zero attached hydrogens (tertiary/aromatic N) is 7. The highest BCUT2D eigenvalue weighted by Crippen LogP contribution is 2.35. The summed E-state index contributed by atoms with van der Waals surface area (Å²) in [5.41, 5.74) is 2.98. The van der Waals surface area contributed by atoms with E-state index in [0.717, 1.165) is 186 Å². The molecule has 3 fully saturated rings. The van der Waals surface area contributed by atoms with Crippen LogP contribution in [-0.4, -0.2) is 174 Å². The highest BCUT2D eigenvalue weighted by molar-refractivity contribution is 7.22. The van der Waals surface area contributed by atoms with Crippen molar-refractivity contribution < 1.29 is 75.4 Å². The molecule has 2 saturated heterocycles. The van der Waals surface area contributed by atoms with Gasteiger partial charge in [-0.25, -0.2) is 24.9 Å². The molecule has 3 aliphatic rings. The number of hydrogen-bond donors (Lipinski definition) is 5. The van der Waals surface area contributed by atoms with Gasteiger partial charge in [0.15, 0.2) is 31.1 Å². The number of thiazole rings is 5. The van der Waals surface area contributed by atoms with Gasteiger partial charge >= 0.3 is 6.18 Å². The van der Waals surface area contributed by atoms with Crippen LogP contribution < -0.4 is 26.6 Å². The molecule has 7 aromatic carbocycles. The van der Waals surface area contributed by atoms with E-state index in [1.54, 1.807) is 28.0 Å². The Bertz CT molecular complexity index is 5820. The number of nitrogens with one attached hydrogen (secondary N) is 5. The number of ether oxygens (including phenoxy) is 1. The molecular formula is C106H125F3N12O13S5. The molecule has 12 aromatic rings. The molecule has 1 aliphatic carbocycles. The zero-order valence-corrected chi connectivity index (χ0v) is 84.0. The lowest BCUT2D eigenvalue weighted by Crippen LogP contribution is -2.54. The van der Waals surface area contributed by atoms with E-state index in [4.69, 9.17) is 4.74 Å². The van der Waals surface area contributed by atoms with Crippen molar-refractivity contribution in [3.05, 3.63) is 218 Å². The lowest BCUT2D eigenvalue weighted by molar-refractivity contribution is -0.146. The molecule has 7 atom stereocenters. The second-order valence-electron chi connectivity index (χ2n) is 35.0. The smallest absolute Gasteiger partial charge is 0.365 e. The molecule has 5 N–H and O–H groups in total. The number of ketones is 5. The first kappa shape index (κ1) is 108. The molecule has 1 saturated carbocycles. The van der Waals surface area contributed by atoms with Gasteiger partial charge in [0.05, 0.1) is 111 Å². The predicted octanol–water partition coefficient (Wildman–Crippen LogP) is 22.1. The number of unbranched alkanes of at least 4 members (excludes halogenated alkanes) is 10. The highest BCUT2D eigenvalue weighted by atomic mass is 32.1. The van der Waals surface area contributed by atoms with Crippen LogP contribution in [0.4, 0.5) is 13.2 Å². The fraction of sp³-hybridized carbons (Fsp3) is 0.443. The van der Waals surface area contributed by atoms with Crippen LogP contribution in [0, 0.1) is 11.8 Å². The molecular weight excluding hydrogens is 1870 g/mol. The Hall–Kier alpha value is -11.6. The van der Waals surface area contributed by atoms with Gasteiger partial charge in [0.2, 0.25) is 52.5 Å². The number of piperidine rings is 1. The SMILES string of the molecule is CCCCC[C@H](NC(=O)C1CCCC1)C(=O)c1nc2ccccc2s1.CCCCC[C@H](NC(=O)C1CN(C(C)=O)CCO1)C(=O)c1nc2ccccc2s1.CCCCC[C@H](NC(=O)[C@H]1CCCN(C(C)=O)C1)C(=O)c1nc2ccccc2s1.CCCCC[C@H](NC(=O)c1ccccc1)C(=O)c1nc2ccccc2s1.CCCCC[C@H](NC(=O)c1ccccc1C(F)(F)F)C(=O)c1nc2ccccc2s1. The summed E-state index contributed by atoms with van der Waals surface area (Å²) >= 11 is 6.73. The first-order valence-corrected chi connectivity index (χ1v) is 52.6. The average molecular weight is 1990 g/mol. The first-order valence-electron chi connectivity index (χ1n) is 48.5. The molecule has 139 heavy (non-hydrogen) atoms. The molecule has 0 radical (unpaired) electrons. The van der Waals surface area contributed by atoms with Gasteiger partial charge in [-0.05, 0) is 143 Å². The molecule has 33 heteroatoms. The quantitative estimate of drug-likeness (QED) is 0.0176. The van der Waals surface area contributed by atoms with Crippen LogP contribution in [0.3, 0.4) is 0 Å². The maximum absolute atomic E-state index is 13.3. The van der Waals surface area contributed by atoms with Crippen molar-refractivity contribution in [3.8, 4) is 0 Å². The summed E-state index contributed by atoms with van der Waals surface area (Å²) in [6.45, 7) is 15.6. The van der Waals surface area contributed by atoms with E-state index in [-0.39, 0.29) is 87.7 Å². The van der Waals surface area contributed by atoms with E-state index in [1.807, 2.05) is 140 Å². The fourth-order valence-corrected chi connectivity index (χ4v) is 21.4. The summed E-state index contributed by atoms with van der Waals surface area (Å²) in [6, 6.07) is 48.5. The predicted molar refractivity (Wildman–Crippen MR) is 546 cm³/mol. The summed E-state index contributed by atoms with van der Waals surface area (Å²) in [4.78, 5) is 178. The van der Waals surface area contributed by atoms with Gasteiger partial charge in [-0.3, -0.25) is 57.5 Å². The van der Waals surface area contributed by atoms with Crippen molar-refractivity contribution in [2.45, 2.75) is 258 Å². The monoisotopic (exact) mass is 1990 g/mol. The summed E-state index contributed by atoms with van der Waals surface area (Å²) in [6.07, 6.45) is 17.4. The number of carbonyl (C=O) groups excluding carboxylic acids is 12. The number of fused-ring (bicyclic) bond motifs is 5. The Morgan fingerprint density at radius 1 is 0.353 bits per heavy atom. The number of benzene rings is 7. The molecule has 0 bridgehead atoms. The zero-order chi connectivity index (χ0) is 99.3. The minimum atomic E-state index is -4.66. The third-order valence-electron chi connectivity index (χ3n) is 24.4. The van der Waals surface area contributed by atoms with E-state index >= 15 is 0 Å². The normalized spacial score (nSPS) is 15.4. The number of hydrogen-bond acceptors (Lipinski definition) is 23. The molecule has 738 valence electrons. The Morgan fingerprint density at radius 3 is 1.00 bits per heavy atom. The van der Waals surface area contributed by atoms with Crippen molar-refractivity contribution in [2.75, 3.05) is 32.8 Å². The second kappa shape index (κ2) is 54.8. The second-order valence-corrected chi connectivity index (χ2v) is 40.1. The van der Waals surface area contributed by atoms with E-state index in [0.29, 0.717) is 95.9 Å². The van der Waals surface area contributed by atoms with Crippen LogP contribution in [0.5, 0.6) is 0 Å². The molecule has 7 amide bonds. The number of Topliss-reactive ketones (excluding diaryl/α,β-unsaturated/α-hetero) is 5. The maximum atomic E-state index is 13.3. The Balaban J connectivity index is 0.000000167. The number of amides is 7. The molecule has 7 heterocycles. The van der Waals surface area contributed by atoms with E-state index in [2.05, 4.69) is 79.2 Å². The van der Waals surface area contributed by atoms with Crippen LogP contribution in [0.25, 0.3) is 51.1 Å². The topological polar surface area (TPSA) is 345 Å². The third kappa shape index (κ3) is 31.7. The van der Waals surface area contributed by atoms with Crippen molar-refractivity contribution in [3.63, 3.8) is 0 Å². The number of carbonyl (C=O) groups is 12. The summed E-state index contributed by atoms with van der Waals surface area (Å²) < 4.78 is 50.1. The number of alkyl halides is 3. The van der Waals surface area contributed by atoms with Crippen molar-refractivity contribution in [2.24, 2.45) is 11.8 Å². The number of likely N-dealkylation sites (tertiary alicyclic amines) is 1. The minimum absolute atomic E-state index is 0.00690. The van der Waals surface area contributed by atoms with Crippen LogP contribution in [0.2, 0.25) is 0 Å². The molecule has 15 rings (SSSR count). The molecule has 1 unspecified atom stereocenters. The van der Waals surface area contributed by atoms with Gasteiger partial charge in [0, 0.05) is 45.0 Å². The lowest BCUT2D eigenvalue weighted by atomic mass is 9.95. The zero-order valence-electron chi connectivity index (χ0n) is 79.9. The van der Waals surface area contributed by atoms with Crippen molar-refractivity contribution >= 4 is 178 Å². The van der Waals surface area contributed by atoms with Crippen LogP contribution in [0.1, 0.15) is 291 Å². The molecule has 0 spiro atoms. The highest BCUT2D eigenvalue weighted by Gasteiger charge is 2.39. The number of para-hydroxylation sites is 5. The van der Waals surface area contributed by atoms with Gasteiger partial charge in [-0.2, -0.15) is 13.2 Å². The van der Waals surface area contributed by atoms with Crippen molar-refractivity contribution in [1.82, 2.24) is 61.3 Å².